The van der Waals surface area contributed by atoms with Gasteiger partial charge in [-0.25, -0.2) is 9.97 Å². The number of nitrogens with two attached hydrogens (primary N) is 1. The Hall–Kier alpha value is -1.36. The molecule has 0 fully saturated rings. The van der Waals surface area contributed by atoms with Crippen LogP contribution in [0.15, 0.2) is 12.5 Å². The molecule has 15 heavy (non-hydrogen) atoms. The van der Waals surface area contributed by atoms with Crippen LogP contribution in [0.1, 0.15) is 13.8 Å². The van der Waals surface area contributed by atoms with Gasteiger partial charge < -0.3 is 15.4 Å². The van der Waals surface area contributed by atoms with E-state index < -0.39 is 0 Å². The fraction of sp³-hybridized carbons (Fsp3) is 0.600. The topological polar surface area (TPSA) is 64.3 Å². The van der Waals surface area contributed by atoms with Crippen LogP contribution < -0.4 is 10.6 Å². The maximum atomic E-state index is 5.82. The van der Waals surface area contributed by atoms with E-state index in [0.717, 1.165) is 12.4 Å². The maximum Gasteiger partial charge on any atom is 0.155 e. The Morgan fingerprint density at radius 3 is 2.87 bits per heavy atom. The first kappa shape index (κ1) is 11.7. The van der Waals surface area contributed by atoms with Crippen molar-refractivity contribution >= 4 is 11.5 Å². The van der Waals surface area contributed by atoms with Crippen molar-refractivity contribution in [2.24, 2.45) is 0 Å². The maximum absolute atomic E-state index is 5.82. The van der Waals surface area contributed by atoms with Gasteiger partial charge in [0.15, 0.2) is 5.82 Å². The number of likely N-dealkylation sites (N-methyl/N-ethyl adjacent to an activating group) is 1. The Kier molecular flexibility index (Phi) is 4.30. The Morgan fingerprint density at radius 1 is 1.60 bits per heavy atom. The van der Waals surface area contributed by atoms with Crippen LogP contribution in [-0.2, 0) is 4.74 Å². The first-order chi connectivity index (χ1) is 7.20. The highest BCUT2D eigenvalue weighted by Gasteiger charge is 2.15. The number of anilines is 2. The number of hydrogen-bond donors (Lipinski definition) is 1. The Labute approximate surface area is 90.3 Å². The molecule has 1 heterocycles. The van der Waals surface area contributed by atoms with Gasteiger partial charge in [0.2, 0.25) is 0 Å². The van der Waals surface area contributed by atoms with Crippen LogP contribution in [-0.4, -0.2) is 36.3 Å². The molecule has 0 amide bonds. The van der Waals surface area contributed by atoms with E-state index in [1.807, 2.05) is 0 Å². The molecule has 1 rings (SSSR count). The summed E-state index contributed by atoms with van der Waals surface area (Å²) in [6.45, 7) is 5.63. The van der Waals surface area contributed by atoms with Crippen LogP contribution in [0.25, 0.3) is 0 Å². The van der Waals surface area contributed by atoms with Crippen molar-refractivity contribution in [2.75, 3.05) is 30.9 Å². The van der Waals surface area contributed by atoms with Gasteiger partial charge in [0, 0.05) is 13.7 Å². The lowest BCUT2D eigenvalue weighted by Crippen LogP contribution is -2.37. The molecule has 1 atom stereocenters. The van der Waals surface area contributed by atoms with Crippen LogP contribution in [0.4, 0.5) is 11.5 Å². The summed E-state index contributed by atoms with van der Waals surface area (Å²) in [6.07, 6.45) is 3.12. The number of nitrogens with zero attached hydrogens (tertiary/aromatic N) is 3. The first-order valence-electron chi connectivity index (χ1n) is 5.01. The SMILES string of the molecule is CCN(c1ncncc1N)C(C)COC. The molecule has 0 aliphatic rings. The summed E-state index contributed by atoms with van der Waals surface area (Å²) < 4.78 is 5.12. The predicted molar refractivity (Wildman–Crippen MR) is 60.8 cm³/mol. The zero-order valence-electron chi connectivity index (χ0n) is 9.47. The predicted octanol–water partition coefficient (Wildman–Crippen LogP) is 0.920. The summed E-state index contributed by atoms with van der Waals surface area (Å²) in [5, 5.41) is 0. The number of hydrogen-bond acceptors (Lipinski definition) is 5. The summed E-state index contributed by atoms with van der Waals surface area (Å²) in [5.74, 6) is 0.775. The third kappa shape index (κ3) is 2.79. The van der Waals surface area contributed by atoms with Crippen molar-refractivity contribution < 1.29 is 4.74 Å². The fourth-order valence-electron chi connectivity index (χ4n) is 1.58. The summed E-state index contributed by atoms with van der Waals surface area (Å²) in [4.78, 5) is 10.2. The van der Waals surface area contributed by atoms with Gasteiger partial charge in [0.05, 0.1) is 24.5 Å². The van der Waals surface area contributed by atoms with Gasteiger partial charge in [-0.05, 0) is 13.8 Å². The second kappa shape index (κ2) is 5.50. The van der Waals surface area contributed by atoms with Gasteiger partial charge in [-0.1, -0.05) is 0 Å². The first-order valence-corrected chi connectivity index (χ1v) is 5.01. The Balaban J connectivity index is 2.87. The van der Waals surface area contributed by atoms with E-state index in [4.69, 9.17) is 10.5 Å². The molecule has 0 aliphatic heterocycles. The normalized spacial score (nSPS) is 12.5. The minimum atomic E-state index is 0.247. The van der Waals surface area contributed by atoms with Crippen molar-refractivity contribution in [3.63, 3.8) is 0 Å². The van der Waals surface area contributed by atoms with E-state index in [2.05, 4.69) is 28.7 Å². The zero-order chi connectivity index (χ0) is 11.3. The van der Waals surface area contributed by atoms with Gasteiger partial charge in [0.25, 0.3) is 0 Å². The number of aromatic nitrogens is 2. The highest BCUT2D eigenvalue weighted by Crippen LogP contribution is 2.20. The molecule has 1 aromatic heterocycles. The largest absolute Gasteiger partial charge is 0.394 e. The van der Waals surface area contributed by atoms with E-state index in [1.165, 1.54) is 6.33 Å². The number of nitrogen functional groups attached to an aromatic ring is 1. The van der Waals surface area contributed by atoms with Gasteiger partial charge in [-0.15, -0.1) is 0 Å². The summed E-state index contributed by atoms with van der Waals surface area (Å²) >= 11 is 0. The number of methoxy groups -OCH3 is 1. The summed E-state index contributed by atoms with van der Waals surface area (Å²) in [6, 6.07) is 0.247. The molecule has 84 valence electrons. The molecule has 0 bridgehead atoms. The zero-order valence-corrected chi connectivity index (χ0v) is 9.47. The third-order valence-electron chi connectivity index (χ3n) is 2.27. The molecule has 1 aromatic rings. The molecule has 1 unspecified atom stereocenters. The van der Waals surface area contributed by atoms with Crippen LogP contribution >= 0.6 is 0 Å². The van der Waals surface area contributed by atoms with Crippen LogP contribution in [0.3, 0.4) is 0 Å². The monoisotopic (exact) mass is 210 g/mol. The average Bonchev–Trinajstić information content (AvgIpc) is 2.22. The van der Waals surface area contributed by atoms with Gasteiger partial charge in [-0.2, -0.15) is 0 Å². The molecule has 0 spiro atoms. The molecule has 0 saturated carbocycles. The lowest BCUT2D eigenvalue weighted by molar-refractivity contribution is 0.181. The number of ether oxygens (including phenoxy) is 1. The third-order valence-corrected chi connectivity index (χ3v) is 2.27. The Morgan fingerprint density at radius 2 is 2.33 bits per heavy atom. The van der Waals surface area contributed by atoms with Crippen molar-refractivity contribution in [1.29, 1.82) is 0 Å². The molecule has 2 N–H and O–H groups in total. The molecular formula is C10H18N4O. The highest BCUT2D eigenvalue weighted by molar-refractivity contribution is 5.61. The molecular weight excluding hydrogens is 192 g/mol. The van der Waals surface area contributed by atoms with E-state index in [9.17, 15) is 0 Å². The van der Waals surface area contributed by atoms with E-state index in [0.29, 0.717) is 12.3 Å². The van der Waals surface area contributed by atoms with Crippen molar-refractivity contribution in [2.45, 2.75) is 19.9 Å². The minimum absolute atomic E-state index is 0.247. The van der Waals surface area contributed by atoms with Gasteiger partial charge in [-0.3, -0.25) is 0 Å². The quantitative estimate of drug-likeness (QED) is 0.783. The average molecular weight is 210 g/mol. The molecule has 0 aliphatic carbocycles. The van der Waals surface area contributed by atoms with E-state index in [1.54, 1.807) is 13.3 Å². The van der Waals surface area contributed by atoms with Crippen LogP contribution in [0, 0.1) is 0 Å². The molecule has 0 radical (unpaired) electrons. The van der Waals surface area contributed by atoms with Gasteiger partial charge >= 0.3 is 0 Å². The fourth-order valence-corrected chi connectivity index (χ4v) is 1.58. The van der Waals surface area contributed by atoms with Gasteiger partial charge in [0.1, 0.15) is 6.33 Å². The van der Waals surface area contributed by atoms with Crippen molar-refractivity contribution in [1.82, 2.24) is 9.97 Å². The standard InChI is InChI=1S/C10H18N4O/c1-4-14(8(2)6-15-3)10-9(11)5-12-7-13-10/h5,7-8H,4,6,11H2,1-3H3. The van der Waals surface area contributed by atoms with Crippen molar-refractivity contribution in [3.8, 4) is 0 Å². The van der Waals surface area contributed by atoms with Crippen LogP contribution in [0.5, 0.6) is 0 Å². The molecule has 5 nitrogen and oxygen atoms in total. The molecule has 0 saturated heterocycles. The second-order valence-electron chi connectivity index (χ2n) is 3.39. The Bertz CT molecular complexity index is 305. The second-order valence-corrected chi connectivity index (χ2v) is 3.39. The summed E-state index contributed by atoms with van der Waals surface area (Å²) in [7, 11) is 1.69. The minimum Gasteiger partial charge on any atom is -0.394 e. The molecule has 0 aromatic carbocycles. The highest BCUT2D eigenvalue weighted by atomic mass is 16.5. The van der Waals surface area contributed by atoms with Crippen molar-refractivity contribution in [3.05, 3.63) is 12.5 Å². The van der Waals surface area contributed by atoms with E-state index >= 15 is 0 Å². The smallest absolute Gasteiger partial charge is 0.155 e. The molecule has 5 heteroatoms. The summed E-state index contributed by atoms with van der Waals surface area (Å²) in [5.41, 5.74) is 6.42. The number of rotatable bonds is 5. The van der Waals surface area contributed by atoms with Crippen LogP contribution in [0.2, 0.25) is 0 Å². The lowest BCUT2D eigenvalue weighted by Gasteiger charge is -2.29. The van der Waals surface area contributed by atoms with E-state index in [-0.39, 0.29) is 6.04 Å². The lowest BCUT2D eigenvalue weighted by atomic mass is 10.3.